The van der Waals surface area contributed by atoms with Gasteiger partial charge in [-0.15, -0.1) is 0 Å². The van der Waals surface area contributed by atoms with Crippen LogP contribution in [0.1, 0.15) is 82.3 Å². The maximum Gasteiger partial charge on any atom is 0.331 e. The van der Waals surface area contributed by atoms with Gasteiger partial charge in [0.1, 0.15) is 12.4 Å². The number of rotatable bonds is 12. The zero-order valence-corrected chi connectivity index (χ0v) is 21.4. The van der Waals surface area contributed by atoms with Crippen molar-refractivity contribution in [2.45, 2.75) is 77.7 Å². The summed E-state index contributed by atoms with van der Waals surface area (Å²) in [5.41, 5.74) is 14.1. The minimum atomic E-state index is -0.469. The van der Waals surface area contributed by atoms with Crippen LogP contribution in [0.15, 0.2) is 48.5 Å². The number of hydrogen-bond donors (Lipinski definition) is 2. The molecule has 194 valence electrons. The van der Waals surface area contributed by atoms with E-state index < -0.39 is 5.97 Å². The minimum absolute atomic E-state index is 0.00833. The van der Waals surface area contributed by atoms with Crippen molar-refractivity contribution in [2.24, 2.45) is 11.8 Å². The first kappa shape index (κ1) is 27.3. The smallest absolute Gasteiger partial charge is 0.331 e. The highest BCUT2D eigenvalue weighted by Crippen LogP contribution is 2.33. The SMILES string of the molecule is CCCCCCCC1CCC(C(=O)Oc2ccc(/C=C/C(=O)OCc3cc(N)cc(N)c3)cc2)CC1. The maximum absolute atomic E-state index is 12.6. The highest BCUT2D eigenvalue weighted by molar-refractivity contribution is 5.87. The summed E-state index contributed by atoms with van der Waals surface area (Å²) in [6.45, 7) is 2.34. The van der Waals surface area contributed by atoms with E-state index in [1.54, 1.807) is 48.5 Å². The van der Waals surface area contributed by atoms with Crippen LogP contribution >= 0.6 is 0 Å². The molecule has 0 bridgehead atoms. The first-order valence-electron chi connectivity index (χ1n) is 13.2. The van der Waals surface area contributed by atoms with Gasteiger partial charge in [0.15, 0.2) is 0 Å². The summed E-state index contributed by atoms with van der Waals surface area (Å²) >= 11 is 0. The predicted molar refractivity (Wildman–Crippen MR) is 145 cm³/mol. The van der Waals surface area contributed by atoms with Crippen molar-refractivity contribution in [3.05, 3.63) is 59.7 Å². The molecule has 0 saturated heterocycles. The molecule has 4 N–H and O–H groups in total. The van der Waals surface area contributed by atoms with E-state index in [2.05, 4.69) is 6.92 Å². The lowest BCUT2D eigenvalue weighted by molar-refractivity contribution is -0.140. The number of hydrogen-bond acceptors (Lipinski definition) is 6. The second kappa shape index (κ2) is 14.3. The van der Waals surface area contributed by atoms with E-state index in [0.29, 0.717) is 17.1 Å². The third kappa shape index (κ3) is 9.40. The van der Waals surface area contributed by atoms with E-state index in [1.165, 1.54) is 44.6 Å². The Hall–Kier alpha value is -3.28. The van der Waals surface area contributed by atoms with Crippen LogP contribution in [0.2, 0.25) is 0 Å². The molecular formula is C30H40N2O4. The molecule has 1 saturated carbocycles. The molecule has 0 unspecified atom stereocenters. The molecule has 3 rings (SSSR count). The van der Waals surface area contributed by atoms with Crippen molar-refractivity contribution in [3.63, 3.8) is 0 Å². The molecule has 6 heteroatoms. The van der Waals surface area contributed by atoms with Gasteiger partial charge >= 0.3 is 11.9 Å². The van der Waals surface area contributed by atoms with Crippen molar-refractivity contribution < 1.29 is 19.1 Å². The molecule has 0 radical (unpaired) electrons. The van der Waals surface area contributed by atoms with Gasteiger partial charge in [-0.1, -0.05) is 57.6 Å². The molecule has 2 aromatic rings. The zero-order valence-electron chi connectivity index (χ0n) is 21.4. The summed E-state index contributed by atoms with van der Waals surface area (Å²) in [5.74, 6) is 0.675. The molecule has 0 atom stereocenters. The fourth-order valence-electron chi connectivity index (χ4n) is 4.77. The number of benzene rings is 2. The second-order valence-electron chi connectivity index (χ2n) is 9.86. The second-order valence-corrected chi connectivity index (χ2v) is 9.86. The topological polar surface area (TPSA) is 105 Å². The van der Waals surface area contributed by atoms with Crippen LogP contribution in [-0.2, 0) is 20.9 Å². The van der Waals surface area contributed by atoms with Crippen molar-refractivity contribution >= 4 is 29.4 Å². The molecular weight excluding hydrogens is 452 g/mol. The lowest BCUT2D eigenvalue weighted by atomic mass is 9.80. The molecule has 36 heavy (non-hydrogen) atoms. The normalized spacial score (nSPS) is 17.7. The van der Waals surface area contributed by atoms with Gasteiger partial charge < -0.3 is 20.9 Å². The average Bonchev–Trinajstić information content (AvgIpc) is 2.87. The van der Waals surface area contributed by atoms with Crippen LogP contribution in [0.5, 0.6) is 5.75 Å². The zero-order chi connectivity index (χ0) is 25.8. The fourth-order valence-corrected chi connectivity index (χ4v) is 4.77. The molecule has 0 amide bonds. The summed E-state index contributed by atoms with van der Waals surface area (Å²) in [5, 5.41) is 0. The summed E-state index contributed by atoms with van der Waals surface area (Å²) in [7, 11) is 0. The van der Waals surface area contributed by atoms with E-state index in [1.807, 2.05) is 0 Å². The Morgan fingerprint density at radius 1 is 0.917 bits per heavy atom. The highest BCUT2D eigenvalue weighted by Gasteiger charge is 2.27. The monoisotopic (exact) mass is 492 g/mol. The number of anilines is 2. The third-order valence-electron chi connectivity index (χ3n) is 6.82. The fraction of sp³-hybridized carbons (Fsp3) is 0.467. The number of carbonyl (C=O) groups is 2. The lowest BCUT2D eigenvalue weighted by Crippen LogP contribution is -2.25. The maximum atomic E-state index is 12.6. The van der Waals surface area contributed by atoms with Crippen molar-refractivity contribution in [2.75, 3.05) is 11.5 Å². The Bertz CT molecular complexity index is 988. The predicted octanol–water partition coefficient (Wildman–Crippen LogP) is 6.68. The largest absolute Gasteiger partial charge is 0.458 e. The van der Waals surface area contributed by atoms with Crippen LogP contribution in [0, 0.1) is 11.8 Å². The Labute approximate surface area is 215 Å². The summed E-state index contributed by atoms with van der Waals surface area (Å²) in [6, 6.07) is 12.2. The minimum Gasteiger partial charge on any atom is -0.458 e. The molecule has 2 aromatic carbocycles. The van der Waals surface area contributed by atoms with Crippen LogP contribution in [0.4, 0.5) is 11.4 Å². The Morgan fingerprint density at radius 3 is 2.25 bits per heavy atom. The first-order chi connectivity index (χ1) is 17.4. The van der Waals surface area contributed by atoms with Crippen LogP contribution in [-0.4, -0.2) is 11.9 Å². The lowest BCUT2D eigenvalue weighted by Gasteiger charge is -2.27. The number of ether oxygens (including phenoxy) is 2. The van der Waals surface area contributed by atoms with Crippen molar-refractivity contribution in [3.8, 4) is 5.75 Å². The van der Waals surface area contributed by atoms with Crippen LogP contribution < -0.4 is 16.2 Å². The molecule has 0 aromatic heterocycles. The van der Waals surface area contributed by atoms with E-state index in [4.69, 9.17) is 20.9 Å². The van der Waals surface area contributed by atoms with Gasteiger partial charge in [-0.2, -0.15) is 0 Å². The summed E-state index contributed by atoms with van der Waals surface area (Å²) in [4.78, 5) is 24.7. The first-order valence-corrected chi connectivity index (χ1v) is 13.2. The summed E-state index contributed by atoms with van der Waals surface area (Å²) in [6.07, 6.45) is 15.0. The van der Waals surface area contributed by atoms with Gasteiger partial charge in [-0.3, -0.25) is 4.79 Å². The van der Waals surface area contributed by atoms with Crippen LogP contribution in [0.3, 0.4) is 0 Å². The number of nitrogens with two attached hydrogens (primary N) is 2. The Morgan fingerprint density at radius 2 is 1.58 bits per heavy atom. The van der Waals surface area contributed by atoms with Crippen molar-refractivity contribution in [1.29, 1.82) is 0 Å². The average molecular weight is 493 g/mol. The van der Waals surface area contributed by atoms with Gasteiger partial charge in [-0.05, 0) is 79.1 Å². The standard InChI is InChI=1S/C30H40N2O4/c1-2-3-4-5-6-7-22-8-13-25(14-9-22)30(34)36-28-15-10-23(11-16-28)12-17-29(33)35-21-24-18-26(31)20-27(32)19-24/h10-12,15-20,22,25H,2-9,13-14,21,31-32H2,1H3/b17-12+. The molecule has 0 aliphatic heterocycles. The van der Waals surface area contributed by atoms with E-state index >= 15 is 0 Å². The molecule has 6 nitrogen and oxygen atoms in total. The highest BCUT2D eigenvalue weighted by atomic mass is 16.5. The van der Waals surface area contributed by atoms with Gasteiger partial charge in [-0.25, -0.2) is 4.79 Å². The van der Waals surface area contributed by atoms with E-state index in [-0.39, 0.29) is 18.5 Å². The van der Waals surface area contributed by atoms with Gasteiger partial charge in [0.05, 0.1) is 5.92 Å². The van der Waals surface area contributed by atoms with Gasteiger partial charge in [0, 0.05) is 17.5 Å². The number of carbonyl (C=O) groups excluding carboxylic acids is 2. The molecule has 1 fully saturated rings. The summed E-state index contributed by atoms with van der Waals surface area (Å²) < 4.78 is 10.9. The quantitative estimate of drug-likeness (QED) is 0.113. The Balaban J connectivity index is 1.37. The third-order valence-corrected chi connectivity index (χ3v) is 6.82. The number of esters is 2. The van der Waals surface area contributed by atoms with E-state index in [9.17, 15) is 9.59 Å². The van der Waals surface area contributed by atoms with Gasteiger partial charge in [0.25, 0.3) is 0 Å². The number of unbranched alkanes of at least 4 members (excludes halogenated alkanes) is 4. The van der Waals surface area contributed by atoms with Crippen LogP contribution in [0.25, 0.3) is 6.08 Å². The van der Waals surface area contributed by atoms with Crippen molar-refractivity contribution in [1.82, 2.24) is 0 Å². The molecule has 0 spiro atoms. The number of nitrogen functional groups attached to an aromatic ring is 2. The van der Waals surface area contributed by atoms with Gasteiger partial charge in [0.2, 0.25) is 0 Å². The molecule has 0 heterocycles. The Kier molecular flexibility index (Phi) is 10.9. The molecule has 1 aliphatic carbocycles. The van der Waals surface area contributed by atoms with E-state index in [0.717, 1.165) is 42.7 Å². The molecule has 1 aliphatic rings.